The zero-order chi connectivity index (χ0) is 16.1. The molecule has 0 aliphatic heterocycles. The molecule has 0 N–H and O–H groups in total. The Kier molecular flexibility index (Phi) is 19.6. The minimum Gasteiger partial charge on any atom is -0.497 e. The molecule has 0 saturated heterocycles. The van der Waals surface area contributed by atoms with Crippen molar-refractivity contribution in [3.05, 3.63) is 24.5 Å². The smallest absolute Gasteiger partial charge is 0.105 e. The van der Waals surface area contributed by atoms with Crippen molar-refractivity contribution in [1.82, 2.24) is 0 Å². The molecule has 1 nitrogen and oxygen atoms in total. The molecule has 130 valence electrons. The van der Waals surface area contributed by atoms with Gasteiger partial charge < -0.3 is 4.74 Å². The van der Waals surface area contributed by atoms with E-state index in [0.29, 0.717) is 0 Å². The van der Waals surface area contributed by atoms with Crippen molar-refractivity contribution in [3.8, 4) is 0 Å². The van der Waals surface area contributed by atoms with Crippen molar-refractivity contribution >= 4 is 0 Å². The molecule has 0 bridgehead atoms. The maximum Gasteiger partial charge on any atom is 0.105 e. The SMILES string of the molecule is CCCCCCCCC=CCOC=CCCCCCCCC. The molecule has 0 aromatic heterocycles. The third-order valence-electron chi connectivity index (χ3n) is 4.00. The number of rotatable bonds is 17. The first-order valence-corrected chi connectivity index (χ1v) is 9.83. The van der Waals surface area contributed by atoms with Crippen molar-refractivity contribution in [2.45, 2.75) is 104 Å². The van der Waals surface area contributed by atoms with E-state index in [2.05, 4.69) is 32.1 Å². The largest absolute Gasteiger partial charge is 0.497 e. The van der Waals surface area contributed by atoms with E-state index in [1.807, 2.05) is 6.26 Å². The van der Waals surface area contributed by atoms with Crippen LogP contribution < -0.4 is 0 Å². The highest BCUT2D eigenvalue weighted by Gasteiger charge is 1.89. The zero-order valence-electron chi connectivity index (χ0n) is 15.3. The summed E-state index contributed by atoms with van der Waals surface area (Å²) in [6, 6.07) is 0. The summed E-state index contributed by atoms with van der Waals surface area (Å²) in [5.74, 6) is 0. The molecule has 0 radical (unpaired) electrons. The fourth-order valence-electron chi connectivity index (χ4n) is 2.52. The molecule has 0 spiro atoms. The number of hydrogen-bond acceptors (Lipinski definition) is 1. The Morgan fingerprint density at radius 2 is 1.05 bits per heavy atom. The lowest BCUT2D eigenvalue weighted by Crippen LogP contribution is -1.82. The molecule has 0 aromatic rings. The van der Waals surface area contributed by atoms with Gasteiger partial charge in [0.15, 0.2) is 0 Å². The molecule has 0 amide bonds. The van der Waals surface area contributed by atoms with Gasteiger partial charge in [-0.25, -0.2) is 0 Å². The molecule has 0 saturated carbocycles. The predicted octanol–water partition coefficient (Wildman–Crippen LogP) is 7.57. The second kappa shape index (κ2) is 20.3. The molecule has 0 heterocycles. The van der Waals surface area contributed by atoms with Crippen molar-refractivity contribution in [2.24, 2.45) is 0 Å². The molecule has 0 aliphatic carbocycles. The van der Waals surface area contributed by atoms with Crippen LogP contribution in [0.4, 0.5) is 0 Å². The molecule has 22 heavy (non-hydrogen) atoms. The van der Waals surface area contributed by atoms with Gasteiger partial charge in [-0.1, -0.05) is 90.2 Å². The molecule has 0 unspecified atom stereocenters. The number of hydrogen-bond donors (Lipinski definition) is 0. The molecular formula is C21H40O. The van der Waals surface area contributed by atoms with E-state index in [-0.39, 0.29) is 0 Å². The van der Waals surface area contributed by atoms with E-state index < -0.39 is 0 Å². The van der Waals surface area contributed by atoms with Gasteiger partial charge in [0.1, 0.15) is 6.61 Å². The van der Waals surface area contributed by atoms with Crippen LogP contribution in [0.1, 0.15) is 104 Å². The van der Waals surface area contributed by atoms with Crippen LogP contribution in [0, 0.1) is 0 Å². The van der Waals surface area contributed by atoms with Crippen molar-refractivity contribution in [1.29, 1.82) is 0 Å². The summed E-state index contributed by atoms with van der Waals surface area (Å²) in [5, 5.41) is 0. The minimum atomic E-state index is 0.725. The fourth-order valence-corrected chi connectivity index (χ4v) is 2.52. The molecule has 0 atom stereocenters. The van der Waals surface area contributed by atoms with E-state index in [1.165, 1.54) is 83.5 Å². The third kappa shape index (κ3) is 19.3. The lowest BCUT2D eigenvalue weighted by atomic mass is 10.1. The quantitative estimate of drug-likeness (QED) is 0.153. The normalized spacial score (nSPS) is 11.7. The Morgan fingerprint density at radius 3 is 1.64 bits per heavy atom. The van der Waals surface area contributed by atoms with Crippen LogP contribution >= 0.6 is 0 Å². The number of ether oxygens (including phenoxy) is 1. The van der Waals surface area contributed by atoms with Crippen LogP contribution in [0.25, 0.3) is 0 Å². The molecule has 0 aliphatic rings. The van der Waals surface area contributed by atoms with E-state index in [9.17, 15) is 0 Å². The highest BCUT2D eigenvalue weighted by molar-refractivity contribution is 4.83. The zero-order valence-corrected chi connectivity index (χ0v) is 15.3. The maximum atomic E-state index is 5.47. The Morgan fingerprint density at radius 1 is 0.545 bits per heavy atom. The van der Waals surface area contributed by atoms with Gasteiger partial charge >= 0.3 is 0 Å². The summed E-state index contributed by atoms with van der Waals surface area (Å²) in [4.78, 5) is 0. The van der Waals surface area contributed by atoms with Crippen LogP contribution in [-0.4, -0.2) is 6.61 Å². The molecular weight excluding hydrogens is 268 g/mol. The Labute approximate surface area is 140 Å². The van der Waals surface area contributed by atoms with E-state index in [4.69, 9.17) is 4.74 Å². The van der Waals surface area contributed by atoms with Gasteiger partial charge in [0.2, 0.25) is 0 Å². The lowest BCUT2D eigenvalue weighted by molar-refractivity contribution is 0.288. The average Bonchev–Trinajstić information content (AvgIpc) is 2.54. The first-order chi connectivity index (χ1) is 10.9. The van der Waals surface area contributed by atoms with Crippen LogP contribution in [0.3, 0.4) is 0 Å². The van der Waals surface area contributed by atoms with Crippen molar-refractivity contribution in [2.75, 3.05) is 6.61 Å². The highest BCUT2D eigenvalue weighted by atomic mass is 16.5. The monoisotopic (exact) mass is 308 g/mol. The molecule has 1 heteroatoms. The maximum absolute atomic E-state index is 5.47. The van der Waals surface area contributed by atoms with E-state index in [1.54, 1.807) is 0 Å². The Balaban J connectivity index is 3.14. The van der Waals surface area contributed by atoms with Gasteiger partial charge in [-0.15, -0.1) is 0 Å². The van der Waals surface area contributed by atoms with Crippen LogP contribution in [0.2, 0.25) is 0 Å². The van der Waals surface area contributed by atoms with Gasteiger partial charge in [-0.05, 0) is 31.8 Å². The Hall–Kier alpha value is -0.720. The van der Waals surface area contributed by atoms with Gasteiger partial charge in [0.25, 0.3) is 0 Å². The molecule has 0 rings (SSSR count). The highest BCUT2D eigenvalue weighted by Crippen LogP contribution is 2.08. The second-order valence-electron chi connectivity index (χ2n) is 6.29. The van der Waals surface area contributed by atoms with Crippen molar-refractivity contribution < 1.29 is 4.74 Å². The summed E-state index contributed by atoms with van der Waals surface area (Å²) in [6.07, 6.45) is 27.3. The van der Waals surface area contributed by atoms with Crippen LogP contribution in [0.15, 0.2) is 24.5 Å². The number of allylic oxidation sites excluding steroid dienone is 2. The van der Waals surface area contributed by atoms with Crippen LogP contribution in [0.5, 0.6) is 0 Å². The lowest BCUT2D eigenvalue weighted by Gasteiger charge is -1.99. The van der Waals surface area contributed by atoms with E-state index >= 15 is 0 Å². The minimum absolute atomic E-state index is 0.725. The fraction of sp³-hybridized carbons (Fsp3) is 0.810. The first-order valence-electron chi connectivity index (χ1n) is 9.83. The van der Waals surface area contributed by atoms with Gasteiger partial charge in [0, 0.05) is 0 Å². The third-order valence-corrected chi connectivity index (χ3v) is 4.00. The van der Waals surface area contributed by atoms with Gasteiger partial charge in [0.05, 0.1) is 6.26 Å². The summed E-state index contributed by atoms with van der Waals surface area (Å²) in [7, 11) is 0. The summed E-state index contributed by atoms with van der Waals surface area (Å²) in [6.45, 7) is 5.26. The Bertz CT molecular complexity index is 216. The topological polar surface area (TPSA) is 9.23 Å². The average molecular weight is 309 g/mol. The van der Waals surface area contributed by atoms with E-state index in [0.717, 1.165) is 13.0 Å². The number of unbranched alkanes of at least 4 members (excludes halogenated alkanes) is 12. The van der Waals surface area contributed by atoms with Crippen LogP contribution in [-0.2, 0) is 4.74 Å². The van der Waals surface area contributed by atoms with Crippen molar-refractivity contribution in [3.63, 3.8) is 0 Å². The van der Waals surface area contributed by atoms with Gasteiger partial charge in [-0.3, -0.25) is 0 Å². The standard InChI is InChI=1S/C21H40O/c1-3-5-7-9-11-13-15-17-19-21-22-20-18-16-14-12-10-8-6-4-2/h17-20H,3-16,21H2,1-2H3. The molecule has 0 aromatic carbocycles. The summed E-state index contributed by atoms with van der Waals surface area (Å²) < 4.78 is 5.47. The second-order valence-corrected chi connectivity index (χ2v) is 6.29. The summed E-state index contributed by atoms with van der Waals surface area (Å²) in [5.41, 5.74) is 0. The van der Waals surface area contributed by atoms with Gasteiger partial charge in [-0.2, -0.15) is 0 Å². The molecule has 0 fully saturated rings. The first kappa shape index (κ1) is 21.3. The summed E-state index contributed by atoms with van der Waals surface area (Å²) >= 11 is 0. The predicted molar refractivity (Wildman–Crippen MR) is 100 cm³/mol.